The SMILES string of the molecule is Cc1c(F)cc(Nc2cc(NO)ccn2)cc1F. The Morgan fingerprint density at radius 1 is 1.11 bits per heavy atom. The van der Waals surface area contributed by atoms with E-state index in [-0.39, 0.29) is 11.3 Å². The number of anilines is 3. The van der Waals surface area contributed by atoms with Crippen molar-refractivity contribution in [1.29, 1.82) is 0 Å². The van der Waals surface area contributed by atoms with Gasteiger partial charge in [-0.3, -0.25) is 10.7 Å². The molecular weight excluding hydrogens is 240 g/mol. The average Bonchev–Trinajstić information content (AvgIpc) is 2.36. The van der Waals surface area contributed by atoms with Crippen molar-refractivity contribution in [3.8, 4) is 0 Å². The molecule has 2 rings (SSSR count). The van der Waals surface area contributed by atoms with Gasteiger partial charge in [0.25, 0.3) is 0 Å². The summed E-state index contributed by atoms with van der Waals surface area (Å²) in [4.78, 5) is 3.96. The van der Waals surface area contributed by atoms with E-state index in [1.807, 2.05) is 5.48 Å². The zero-order valence-electron chi connectivity index (χ0n) is 9.54. The van der Waals surface area contributed by atoms with Crippen LogP contribution in [-0.4, -0.2) is 10.2 Å². The highest BCUT2D eigenvalue weighted by Gasteiger charge is 2.07. The van der Waals surface area contributed by atoms with Crippen molar-refractivity contribution in [3.05, 3.63) is 47.7 Å². The molecular formula is C12H11F2N3O. The molecule has 0 saturated heterocycles. The van der Waals surface area contributed by atoms with Crippen molar-refractivity contribution >= 4 is 17.2 Å². The third-order valence-electron chi connectivity index (χ3n) is 2.44. The molecule has 0 bridgehead atoms. The zero-order chi connectivity index (χ0) is 13.1. The lowest BCUT2D eigenvalue weighted by molar-refractivity contribution is 0.389. The van der Waals surface area contributed by atoms with E-state index in [0.717, 1.165) is 0 Å². The van der Waals surface area contributed by atoms with Crippen molar-refractivity contribution in [3.63, 3.8) is 0 Å². The number of pyridine rings is 1. The Hall–Kier alpha value is -2.21. The zero-order valence-corrected chi connectivity index (χ0v) is 9.54. The summed E-state index contributed by atoms with van der Waals surface area (Å²) in [5.74, 6) is -0.903. The topological polar surface area (TPSA) is 57.2 Å². The molecule has 0 amide bonds. The number of hydrogen-bond donors (Lipinski definition) is 3. The maximum atomic E-state index is 13.3. The van der Waals surface area contributed by atoms with Gasteiger partial charge >= 0.3 is 0 Å². The van der Waals surface area contributed by atoms with Gasteiger partial charge < -0.3 is 5.32 Å². The van der Waals surface area contributed by atoms with Gasteiger partial charge in [0.2, 0.25) is 0 Å². The van der Waals surface area contributed by atoms with Crippen LogP contribution in [0.1, 0.15) is 5.56 Å². The molecule has 0 atom stereocenters. The Morgan fingerprint density at radius 3 is 2.39 bits per heavy atom. The van der Waals surface area contributed by atoms with Crippen LogP contribution >= 0.6 is 0 Å². The minimum absolute atomic E-state index is 0.0284. The summed E-state index contributed by atoms with van der Waals surface area (Å²) in [6.07, 6.45) is 1.45. The van der Waals surface area contributed by atoms with Crippen molar-refractivity contribution < 1.29 is 14.0 Å². The third kappa shape index (κ3) is 2.54. The molecule has 0 spiro atoms. The van der Waals surface area contributed by atoms with E-state index in [1.54, 1.807) is 6.07 Å². The van der Waals surface area contributed by atoms with Crippen molar-refractivity contribution in [1.82, 2.24) is 4.98 Å². The van der Waals surface area contributed by atoms with Crippen LogP contribution in [0.5, 0.6) is 0 Å². The molecule has 4 nitrogen and oxygen atoms in total. The van der Waals surface area contributed by atoms with Gasteiger partial charge in [0.15, 0.2) is 0 Å². The fourth-order valence-electron chi connectivity index (χ4n) is 1.43. The number of nitrogens with zero attached hydrogens (tertiary/aromatic N) is 1. The Morgan fingerprint density at radius 2 is 1.78 bits per heavy atom. The van der Waals surface area contributed by atoms with Crippen LogP contribution in [0.3, 0.4) is 0 Å². The molecule has 1 aromatic heterocycles. The Labute approximate surface area is 102 Å². The number of rotatable bonds is 3. The van der Waals surface area contributed by atoms with Crippen LogP contribution in [0.25, 0.3) is 0 Å². The third-order valence-corrected chi connectivity index (χ3v) is 2.44. The van der Waals surface area contributed by atoms with E-state index >= 15 is 0 Å². The quantitative estimate of drug-likeness (QED) is 0.733. The van der Waals surface area contributed by atoms with Gasteiger partial charge in [-0.1, -0.05) is 0 Å². The Bertz CT molecular complexity index is 552. The Kier molecular flexibility index (Phi) is 3.38. The molecule has 0 aliphatic carbocycles. The first-order valence-electron chi connectivity index (χ1n) is 5.19. The molecule has 94 valence electrons. The molecule has 0 aliphatic rings. The molecule has 0 unspecified atom stereocenters. The van der Waals surface area contributed by atoms with E-state index < -0.39 is 11.6 Å². The van der Waals surface area contributed by atoms with Gasteiger partial charge in [-0.05, 0) is 25.1 Å². The van der Waals surface area contributed by atoms with Crippen molar-refractivity contribution in [2.75, 3.05) is 10.8 Å². The predicted molar refractivity (Wildman–Crippen MR) is 64.0 cm³/mol. The molecule has 18 heavy (non-hydrogen) atoms. The molecule has 0 radical (unpaired) electrons. The van der Waals surface area contributed by atoms with Gasteiger partial charge in [0.1, 0.15) is 17.5 Å². The summed E-state index contributed by atoms with van der Waals surface area (Å²) >= 11 is 0. The van der Waals surface area contributed by atoms with Crippen LogP contribution in [0, 0.1) is 18.6 Å². The van der Waals surface area contributed by atoms with Crippen LogP contribution in [0.2, 0.25) is 0 Å². The maximum Gasteiger partial charge on any atom is 0.132 e. The molecule has 0 aliphatic heterocycles. The minimum Gasteiger partial charge on any atom is -0.340 e. The average molecular weight is 251 g/mol. The minimum atomic E-state index is -0.631. The van der Waals surface area contributed by atoms with Crippen molar-refractivity contribution in [2.45, 2.75) is 6.92 Å². The largest absolute Gasteiger partial charge is 0.340 e. The molecule has 0 saturated carbocycles. The smallest absolute Gasteiger partial charge is 0.132 e. The highest BCUT2D eigenvalue weighted by atomic mass is 19.1. The molecule has 6 heteroatoms. The second-order valence-electron chi connectivity index (χ2n) is 3.73. The van der Waals surface area contributed by atoms with Crippen LogP contribution in [-0.2, 0) is 0 Å². The fraction of sp³-hybridized carbons (Fsp3) is 0.0833. The van der Waals surface area contributed by atoms with Gasteiger partial charge in [0.05, 0.1) is 5.69 Å². The number of nitrogens with one attached hydrogen (secondary N) is 2. The van der Waals surface area contributed by atoms with E-state index in [9.17, 15) is 8.78 Å². The molecule has 3 N–H and O–H groups in total. The standard InChI is InChI=1S/C12H11F2N3O/c1-7-10(13)4-9(5-11(7)14)16-12-6-8(17-18)2-3-15-12/h2-6,18H,1H3,(H2,15,16,17). The number of benzene rings is 1. The van der Waals surface area contributed by atoms with Crippen molar-refractivity contribution in [2.24, 2.45) is 0 Å². The summed E-state index contributed by atoms with van der Waals surface area (Å²) < 4.78 is 26.7. The number of aromatic nitrogens is 1. The van der Waals surface area contributed by atoms with E-state index in [2.05, 4.69) is 10.3 Å². The van der Waals surface area contributed by atoms with E-state index in [0.29, 0.717) is 11.5 Å². The lowest BCUT2D eigenvalue weighted by Gasteiger charge is -2.08. The van der Waals surface area contributed by atoms with Crippen LogP contribution in [0.4, 0.5) is 26.0 Å². The van der Waals surface area contributed by atoms with Crippen LogP contribution < -0.4 is 10.8 Å². The Balaban J connectivity index is 2.28. The monoisotopic (exact) mass is 251 g/mol. The second-order valence-corrected chi connectivity index (χ2v) is 3.73. The van der Waals surface area contributed by atoms with E-state index in [4.69, 9.17) is 5.21 Å². The molecule has 2 aromatic rings. The second kappa shape index (κ2) is 4.97. The summed E-state index contributed by atoms with van der Waals surface area (Å²) in [6.45, 7) is 1.36. The van der Waals surface area contributed by atoms with Gasteiger partial charge in [0, 0.05) is 23.5 Å². The summed E-state index contributed by atoms with van der Waals surface area (Å²) in [5.41, 5.74) is 2.59. The molecule has 1 aromatic carbocycles. The lowest BCUT2D eigenvalue weighted by atomic mass is 10.2. The van der Waals surface area contributed by atoms with E-state index in [1.165, 1.54) is 31.3 Å². The first-order chi connectivity index (χ1) is 8.60. The summed E-state index contributed by atoms with van der Waals surface area (Å²) in [5, 5.41) is 11.5. The number of hydrogen-bond acceptors (Lipinski definition) is 4. The fourth-order valence-corrected chi connectivity index (χ4v) is 1.43. The van der Waals surface area contributed by atoms with Crippen LogP contribution in [0.15, 0.2) is 30.5 Å². The molecule has 1 heterocycles. The van der Waals surface area contributed by atoms with Gasteiger partial charge in [-0.2, -0.15) is 0 Å². The normalized spacial score (nSPS) is 10.2. The first-order valence-corrected chi connectivity index (χ1v) is 5.19. The number of halogens is 2. The maximum absolute atomic E-state index is 13.3. The highest BCUT2D eigenvalue weighted by molar-refractivity contribution is 5.60. The summed E-state index contributed by atoms with van der Waals surface area (Å²) in [6, 6.07) is 5.40. The highest BCUT2D eigenvalue weighted by Crippen LogP contribution is 2.21. The first kappa shape index (κ1) is 12.3. The lowest BCUT2D eigenvalue weighted by Crippen LogP contribution is -1.98. The van der Waals surface area contributed by atoms with Gasteiger partial charge in [-0.15, -0.1) is 0 Å². The summed E-state index contributed by atoms with van der Waals surface area (Å²) in [7, 11) is 0. The van der Waals surface area contributed by atoms with Gasteiger partial charge in [-0.25, -0.2) is 13.8 Å². The predicted octanol–water partition coefficient (Wildman–Crippen LogP) is 3.21. The molecule has 0 fully saturated rings.